The van der Waals surface area contributed by atoms with E-state index in [1.54, 1.807) is 12.3 Å². The zero-order valence-electron chi connectivity index (χ0n) is 16.9. The molecule has 1 heterocycles. The second kappa shape index (κ2) is 10.3. The topological polar surface area (TPSA) is 125 Å². The second-order valence-electron chi connectivity index (χ2n) is 6.34. The zero-order chi connectivity index (χ0) is 23.1. The van der Waals surface area contributed by atoms with Crippen LogP contribution in [0.2, 0.25) is 0 Å². The lowest BCUT2D eigenvalue weighted by atomic mass is 10.0. The summed E-state index contributed by atoms with van der Waals surface area (Å²) in [6, 6.07) is 14.4. The van der Waals surface area contributed by atoms with Crippen molar-refractivity contribution in [3.8, 4) is 11.1 Å². The molecule has 0 aliphatic heterocycles. The van der Waals surface area contributed by atoms with E-state index >= 15 is 0 Å². The number of nitrogens with zero attached hydrogens (tertiary/aromatic N) is 1. The molecule has 1 aromatic heterocycles. The normalized spacial score (nSPS) is 10.3. The van der Waals surface area contributed by atoms with Gasteiger partial charge in [0.1, 0.15) is 16.1 Å². The average Bonchev–Trinajstić information content (AvgIpc) is 3.21. The fourth-order valence-electron chi connectivity index (χ4n) is 2.86. The van der Waals surface area contributed by atoms with Crippen molar-refractivity contribution in [3.63, 3.8) is 0 Å². The number of carbonyl (C=O) groups is 3. The van der Waals surface area contributed by atoms with Crippen molar-refractivity contribution in [2.75, 3.05) is 18.5 Å². The molecule has 0 bridgehead atoms. The number of nitro groups is 1. The van der Waals surface area contributed by atoms with Crippen LogP contribution in [0.1, 0.15) is 27.6 Å². The summed E-state index contributed by atoms with van der Waals surface area (Å²) in [6.07, 6.45) is 0. The quantitative estimate of drug-likeness (QED) is 0.306. The van der Waals surface area contributed by atoms with Crippen molar-refractivity contribution >= 4 is 39.9 Å². The van der Waals surface area contributed by atoms with Gasteiger partial charge in [-0.15, -0.1) is 11.3 Å². The van der Waals surface area contributed by atoms with Crippen molar-refractivity contribution in [3.05, 3.63) is 81.2 Å². The maximum atomic E-state index is 12.5. The largest absolute Gasteiger partial charge is 0.462 e. The van der Waals surface area contributed by atoms with E-state index < -0.39 is 35.1 Å². The summed E-state index contributed by atoms with van der Waals surface area (Å²) < 4.78 is 10.1. The monoisotopic (exact) mass is 454 g/mol. The van der Waals surface area contributed by atoms with E-state index in [1.807, 2.05) is 30.3 Å². The zero-order valence-corrected chi connectivity index (χ0v) is 17.7. The second-order valence-corrected chi connectivity index (χ2v) is 7.22. The number of hydrogen-bond acceptors (Lipinski definition) is 8. The number of thiophene rings is 1. The third-order valence-corrected chi connectivity index (χ3v) is 5.16. The van der Waals surface area contributed by atoms with E-state index in [0.29, 0.717) is 5.56 Å². The molecule has 2 aromatic carbocycles. The highest BCUT2D eigenvalue weighted by molar-refractivity contribution is 7.15. The first-order valence-corrected chi connectivity index (χ1v) is 10.3. The van der Waals surface area contributed by atoms with Gasteiger partial charge in [0.25, 0.3) is 11.6 Å². The minimum absolute atomic E-state index is 0.157. The van der Waals surface area contributed by atoms with E-state index in [4.69, 9.17) is 9.47 Å². The van der Waals surface area contributed by atoms with Gasteiger partial charge in [-0.2, -0.15) is 0 Å². The molecule has 0 fully saturated rings. The Morgan fingerprint density at radius 2 is 1.69 bits per heavy atom. The van der Waals surface area contributed by atoms with Crippen LogP contribution in [0.5, 0.6) is 0 Å². The van der Waals surface area contributed by atoms with Gasteiger partial charge in [0.05, 0.1) is 11.5 Å². The van der Waals surface area contributed by atoms with Gasteiger partial charge in [-0.1, -0.05) is 42.5 Å². The highest BCUT2D eigenvalue weighted by Gasteiger charge is 2.24. The molecule has 3 aromatic rings. The van der Waals surface area contributed by atoms with Crippen LogP contribution in [0.25, 0.3) is 11.1 Å². The van der Waals surface area contributed by atoms with E-state index in [9.17, 15) is 24.5 Å². The fraction of sp³-hybridized carbons (Fsp3) is 0.136. The smallest absolute Gasteiger partial charge is 0.345 e. The molecule has 0 spiro atoms. The van der Waals surface area contributed by atoms with Gasteiger partial charge >= 0.3 is 11.9 Å². The first-order chi connectivity index (χ1) is 15.4. The Balaban J connectivity index is 1.75. The van der Waals surface area contributed by atoms with Gasteiger partial charge in [-0.3, -0.25) is 14.9 Å². The lowest BCUT2D eigenvalue weighted by molar-refractivity contribution is -0.385. The molecular weight excluding hydrogens is 436 g/mol. The number of rotatable bonds is 8. The molecule has 0 radical (unpaired) electrons. The molecule has 1 N–H and O–H groups in total. The first-order valence-electron chi connectivity index (χ1n) is 9.46. The number of amides is 1. The maximum absolute atomic E-state index is 12.5. The summed E-state index contributed by atoms with van der Waals surface area (Å²) in [4.78, 5) is 47.5. The number of nitro benzene ring substituents is 1. The molecule has 164 valence electrons. The predicted octanol–water partition coefficient (Wildman–Crippen LogP) is 4.30. The number of esters is 2. The molecule has 0 saturated carbocycles. The Hall–Kier alpha value is -4.05. The fourth-order valence-corrected chi connectivity index (χ4v) is 3.84. The molecule has 0 atom stereocenters. The number of ether oxygens (including phenoxy) is 2. The molecule has 32 heavy (non-hydrogen) atoms. The third-order valence-electron chi connectivity index (χ3n) is 4.26. The van der Waals surface area contributed by atoms with Gasteiger partial charge in [-0.25, -0.2) is 9.59 Å². The van der Waals surface area contributed by atoms with Gasteiger partial charge < -0.3 is 14.8 Å². The van der Waals surface area contributed by atoms with Gasteiger partial charge in [0, 0.05) is 17.0 Å². The molecule has 0 saturated heterocycles. The number of benzene rings is 2. The van der Waals surface area contributed by atoms with E-state index in [-0.39, 0.29) is 22.7 Å². The van der Waals surface area contributed by atoms with Crippen molar-refractivity contribution in [1.29, 1.82) is 0 Å². The van der Waals surface area contributed by atoms with Crippen LogP contribution < -0.4 is 5.32 Å². The highest BCUT2D eigenvalue weighted by Crippen LogP contribution is 2.36. The summed E-state index contributed by atoms with van der Waals surface area (Å²) >= 11 is 1.13. The number of carbonyl (C=O) groups excluding carboxylic acids is 3. The van der Waals surface area contributed by atoms with Crippen LogP contribution in [0, 0.1) is 10.1 Å². The molecular formula is C22H18N2O7S. The van der Waals surface area contributed by atoms with Crippen molar-refractivity contribution in [2.24, 2.45) is 0 Å². The van der Waals surface area contributed by atoms with Crippen molar-refractivity contribution in [2.45, 2.75) is 6.92 Å². The van der Waals surface area contributed by atoms with Crippen LogP contribution in [0.4, 0.5) is 10.7 Å². The summed E-state index contributed by atoms with van der Waals surface area (Å²) in [5, 5.41) is 15.6. The SMILES string of the molecule is CCOC(=O)c1c(-c2ccccc2)csc1NC(=O)COC(=O)c1ccccc1[N+](=O)[O-]. The number of nitrogens with one attached hydrogen (secondary N) is 1. The predicted molar refractivity (Wildman–Crippen MR) is 118 cm³/mol. The minimum Gasteiger partial charge on any atom is -0.462 e. The Labute approximate surface area is 186 Å². The number of para-hydroxylation sites is 1. The lowest BCUT2D eigenvalue weighted by Crippen LogP contribution is -2.22. The van der Waals surface area contributed by atoms with E-state index in [2.05, 4.69) is 5.32 Å². The maximum Gasteiger partial charge on any atom is 0.345 e. The van der Waals surface area contributed by atoms with Crippen molar-refractivity contribution < 1.29 is 28.8 Å². The van der Waals surface area contributed by atoms with Crippen LogP contribution in [0.15, 0.2) is 60.0 Å². The van der Waals surface area contributed by atoms with Gasteiger partial charge in [0.15, 0.2) is 6.61 Å². The van der Waals surface area contributed by atoms with Crippen LogP contribution in [-0.4, -0.2) is 36.0 Å². The Morgan fingerprint density at radius 1 is 1.00 bits per heavy atom. The van der Waals surface area contributed by atoms with E-state index in [0.717, 1.165) is 16.9 Å². The Morgan fingerprint density at radius 3 is 2.38 bits per heavy atom. The molecule has 10 heteroatoms. The molecule has 0 aliphatic carbocycles. The Bertz CT molecular complexity index is 1160. The molecule has 3 rings (SSSR count). The van der Waals surface area contributed by atoms with Crippen molar-refractivity contribution in [1.82, 2.24) is 0 Å². The number of anilines is 1. The number of hydrogen-bond donors (Lipinski definition) is 1. The summed E-state index contributed by atoms with van der Waals surface area (Å²) in [5.41, 5.74) is 0.881. The van der Waals surface area contributed by atoms with Gasteiger partial charge in [0.2, 0.25) is 0 Å². The molecule has 0 unspecified atom stereocenters. The Kier molecular flexibility index (Phi) is 7.29. The van der Waals surface area contributed by atoms with E-state index in [1.165, 1.54) is 24.3 Å². The lowest BCUT2D eigenvalue weighted by Gasteiger charge is -2.09. The highest BCUT2D eigenvalue weighted by atomic mass is 32.1. The summed E-state index contributed by atoms with van der Waals surface area (Å²) in [5.74, 6) is -2.31. The molecule has 0 aliphatic rings. The molecule has 1 amide bonds. The minimum atomic E-state index is -1.01. The first kappa shape index (κ1) is 22.6. The third kappa shape index (κ3) is 5.16. The molecule has 9 nitrogen and oxygen atoms in total. The summed E-state index contributed by atoms with van der Waals surface area (Å²) in [7, 11) is 0. The summed E-state index contributed by atoms with van der Waals surface area (Å²) in [6.45, 7) is 1.14. The van der Waals surface area contributed by atoms with Crippen LogP contribution >= 0.6 is 11.3 Å². The standard InChI is InChI=1S/C22H18N2O7S/c1-2-30-22(27)19-16(14-8-4-3-5-9-14)13-32-20(19)23-18(25)12-31-21(26)15-10-6-7-11-17(15)24(28)29/h3-11,13H,2,12H2,1H3,(H,23,25). The average molecular weight is 454 g/mol. The van der Waals surface area contributed by atoms with Crippen LogP contribution in [0.3, 0.4) is 0 Å². The van der Waals surface area contributed by atoms with Gasteiger partial charge in [-0.05, 0) is 18.6 Å². The van der Waals surface area contributed by atoms with Crippen LogP contribution in [-0.2, 0) is 14.3 Å².